The molecule has 0 aliphatic carbocycles. The van der Waals surface area contributed by atoms with Gasteiger partial charge in [0.1, 0.15) is 0 Å². The summed E-state index contributed by atoms with van der Waals surface area (Å²) >= 11 is 0. The Morgan fingerprint density at radius 1 is 1.23 bits per heavy atom. The molecule has 2 heterocycles. The average Bonchev–Trinajstić information content (AvgIpc) is 2.80. The summed E-state index contributed by atoms with van der Waals surface area (Å²) in [5.41, 5.74) is 7.35. The van der Waals surface area contributed by atoms with E-state index in [4.69, 9.17) is 10.8 Å². The van der Waals surface area contributed by atoms with Crippen molar-refractivity contribution < 1.29 is 9.90 Å². The van der Waals surface area contributed by atoms with Crippen LogP contribution in [-0.2, 0) is 6.54 Å². The van der Waals surface area contributed by atoms with Crippen molar-refractivity contribution in [1.29, 1.82) is 0 Å². The molecule has 1 fully saturated rings. The first-order valence-electron chi connectivity index (χ1n) is 7.51. The molecule has 2 aromatic rings. The van der Waals surface area contributed by atoms with Crippen molar-refractivity contribution in [2.75, 3.05) is 19.6 Å². The summed E-state index contributed by atoms with van der Waals surface area (Å²) in [6, 6.07) is 7.72. The van der Waals surface area contributed by atoms with Gasteiger partial charge in [0.2, 0.25) is 0 Å². The molecule has 0 bridgehead atoms. The van der Waals surface area contributed by atoms with Crippen molar-refractivity contribution in [1.82, 2.24) is 14.0 Å². The lowest BCUT2D eigenvalue weighted by molar-refractivity contribution is 0.125. The molecule has 0 saturated carbocycles. The number of hydrogen-bond acceptors (Lipinski definition) is 3. The van der Waals surface area contributed by atoms with Crippen LogP contribution in [-0.4, -0.2) is 44.9 Å². The lowest BCUT2D eigenvalue weighted by Gasteiger charge is -2.30. The highest BCUT2D eigenvalue weighted by Gasteiger charge is 2.26. The van der Waals surface area contributed by atoms with Gasteiger partial charge in [0.15, 0.2) is 0 Å². The SMILES string of the molecule is NCCn1c(=O)n(C2CCN(C(=O)O)CC2)c2ccccc21. The molecule has 3 rings (SSSR count). The van der Waals surface area contributed by atoms with E-state index in [-0.39, 0.29) is 11.7 Å². The zero-order valence-corrected chi connectivity index (χ0v) is 12.3. The zero-order chi connectivity index (χ0) is 15.7. The molecular weight excluding hydrogens is 284 g/mol. The van der Waals surface area contributed by atoms with E-state index in [1.807, 2.05) is 28.8 Å². The number of nitrogens with two attached hydrogens (primary N) is 1. The molecule has 1 aromatic carbocycles. The number of para-hydroxylation sites is 2. The summed E-state index contributed by atoms with van der Waals surface area (Å²) in [4.78, 5) is 25.1. The smallest absolute Gasteiger partial charge is 0.407 e. The number of aromatic nitrogens is 2. The zero-order valence-electron chi connectivity index (χ0n) is 12.3. The maximum atomic E-state index is 12.7. The minimum Gasteiger partial charge on any atom is -0.465 e. The maximum Gasteiger partial charge on any atom is 0.407 e. The molecule has 1 aliphatic heterocycles. The molecular formula is C15H20N4O3. The van der Waals surface area contributed by atoms with E-state index in [0.29, 0.717) is 39.0 Å². The van der Waals surface area contributed by atoms with Gasteiger partial charge < -0.3 is 15.7 Å². The van der Waals surface area contributed by atoms with Crippen LogP contribution in [0.4, 0.5) is 4.79 Å². The van der Waals surface area contributed by atoms with E-state index in [1.54, 1.807) is 4.57 Å². The number of piperidine rings is 1. The van der Waals surface area contributed by atoms with Crippen LogP contribution in [0, 0.1) is 0 Å². The molecule has 1 aromatic heterocycles. The van der Waals surface area contributed by atoms with E-state index >= 15 is 0 Å². The Hall–Kier alpha value is -2.28. The van der Waals surface area contributed by atoms with Crippen LogP contribution < -0.4 is 11.4 Å². The summed E-state index contributed by atoms with van der Waals surface area (Å²) in [5, 5.41) is 9.03. The van der Waals surface area contributed by atoms with E-state index < -0.39 is 6.09 Å². The molecule has 118 valence electrons. The predicted molar refractivity (Wildman–Crippen MR) is 83.1 cm³/mol. The third-order valence-electron chi connectivity index (χ3n) is 4.32. The quantitative estimate of drug-likeness (QED) is 0.887. The number of carboxylic acid groups (broad SMARTS) is 1. The summed E-state index contributed by atoms with van der Waals surface area (Å²) in [6.07, 6.45) is 0.419. The Morgan fingerprint density at radius 2 is 1.86 bits per heavy atom. The number of nitrogens with zero attached hydrogens (tertiary/aromatic N) is 3. The Bertz CT molecular complexity index is 741. The number of amides is 1. The fourth-order valence-electron chi connectivity index (χ4n) is 3.25. The fourth-order valence-corrected chi connectivity index (χ4v) is 3.25. The van der Waals surface area contributed by atoms with Gasteiger partial charge in [-0.05, 0) is 25.0 Å². The minimum absolute atomic E-state index is 0.0343. The normalized spacial score (nSPS) is 16.3. The summed E-state index contributed by atoms with van der Waals surface area (Å²) in [6.45, 7) is 1.82. The van der Waals surface area contributed by atoms with Gasteiger partial charge in [-0.2, -0.15) is 0 Å². The third kappa shape index (κ3) is 2.37. The van der Waals surface area contributed by atoms with E-state index in [1.165, 1.54) is 4.90 Å². The first-order chi connectivity index (χ1) is 10.6. The lowest BCUT2D eigenvalue weighted by Crippen LogP contribution is -2.40. The van der Waals surface area contributed by atoms with Crippen molar-refractivity contribution in [2.45, 2.75) is 25.4 Å². The summed E-state index contributed by atoms with van der Waals surface area (Å²) < 4.78 is 3.52. The van der Waals surface area contributed by atoms with Crippen LogP contribution in [0.2, 0.25) is 0 Å². The van der Waals surface area contributed by atoms with Crippen molar-refractivity contribution in [3.63, 3.8) is 0 Å². The van der Waals surface area contributed by atoms with Crippen LogP contribution in [0.15, 0.2) is 29.1 Å². The molecule has 0 atom stereocenters. The third-order valence-corrected chi connectivity index (χ3v) is 4.32. The van der Waals surface area contributed by atoms with Crippen molar-refractivity contribution >= 4 is 17.1 Å². The minimum atomic E-state index is -0.892. The largest absolute Gasteiger partial charge is 0.465 e. The standard InChI is InChI=1S/C15H20N4O3/c16-7-10-18-12-3-1-2-4-13(12)19(14(18)20)11-5-8-17(9-6-11)15(21)22/h1-4,11H,5-10,16H2,(H,21,22). The molecule has 22 heavy (non-hydrogen) atoms. The van der Waals surface area contributed by atoms with Gasteiger partial charge in [-0.25, -0.2) is 9.59 Å². The van der Waals surface area contributed by atoms with Gasteiger partial charge in [0.25, 0.3) is 0 Å². The second-order valence-electron chi connectivity index (χ2n) is 5.58. The second kappa shape index (κ2) is 5.84. The fraction of sp³-hybridized carbons (Fsp3) is 0.467. The van der Waals surface area contributed by atoms with Gasteiger partial charge in [-0.3, -0.25) is 9.13 Å². The highest BCUT2D eigenvalue weighted by Crippen LogP contribution is 2.25. The van der Waals surface area contributed by atoms with Crippen LogP contribution in [0.1, 0.15) is 18.9 Å². The lowest BCUT2D eigenvalue weighted by atomic mass is 10.1. The van der Waals surface area contributed by atoms with Crippen molar-refractivity contribution in [2.24, 2.45) is 5.73 Å². The van der Waals surface area contributed by atoms with E-state index in [9.17, 15) is 9.59 Å². The number of carbonyl (C=O) groups is 1. The molecule has 7 heteroatoms. The number of benzene rings is 1. The Balaban J connectivity index is 1.99. The molecule has 0 unspecified atom stereocenters. The van der Waals surface area contributed by atoms with E-state index in [0.717, 1.165) is 11.0 Å². The van der Waals surface area contributed by atoms with Gasteiger partial charge >= 0.3 is 11.8 Å². The number of imidazole rings is 1. The Labute approximate surface area is 127 Å². The molecule has 0 spiro atoms. The number of hydrogen-bond donors (Lipinski definition) is 2. The first-order valence-corrected chi connectivity index (χ1v) is 7.51. The van der Waals surface area contributed by atoms with Gasteiger partial charge in [-0.15, -0.1) is 0 Å². The van der Waals surface area contributed by atoms with Crippen LogP contribution >= 0.6 is 0 Å². The van der Waals surface area contributed by atoms with Crippen molar-refractivity contribution in [3.8, 4) is 0 Å². The maximum absolute atomic E-state index is 12.7. The van der Waals surface area contributed by atoms with E-state index in [2.05, 4.69) is 0 Å². The molecule has 7 nitrogen and oxygen atoms in total. The van der Waals surface area contributed by atoms with Gasteiger partial charge in [0, 0.05) is 32.2 Å². The van der Waals surface area contributed by atoms with Gasteiger partial charge in [0.05, 0.1) is 11.0 Å². The van der Waals surface area contributed by atoms with Crippen molar-refractivity contribution in [3.05, 3.63) is 34.7 Å². The first kappa shape index (κ1) is 14.6. The van der Waals surface area contributed by atoms with Crippen LogP contribution in [0.25, 0.3) is 11.0 Å². The molecule has 0 radical (unpaired) electrons. The number of likely N-dealkylation sites (tertiary alicyclic amines) is 1. The summed E-state index contributed by atoms with van der Waals surface area (Å²) in [5.74, 6) is 0. The average molecular weight is 304 g/mol. The predicted octanol–water partition coefficient (Wildman–Crippen LogP) is 1.08. The summed E-state index contributed by atoms with van der Waals surface area (Å²) in [7, 11) is 0. The highest BCUT2D eigenvalue weighted by atomic mass is 16.4. The Morgan fingerprint density at radius 3 is 2.45 bits per heavy atom. The molecule has 3 N–H and O–H groups in total. The molecule has 1 amide bonds. The highest BCUT2D eigenvalue weighted by molar-refractivity contribution is 5.76. The molecule has 1 aliphatic rings. The molecule has 1 saturated heterocycles. The van der Waals surface area contributed by atoms with Gasteiger partial charge in [-0.1, -0.05) is 12.1 Å². The Kier molecular flexibility index (Phi) is 3.89. The second-order valence-corrected chi connectivity index (χ2v) is 5.58. The van der Waals surface area contributed by atoms with Crippen LogP contribution in [0.3, 0.4) is 0 Å². The topological polar surface area (TPSA) is 93.5 Å². The van der Waals surface area contributed by atoms with Crippen LogP contribution in [0.5, 0.6) is 0 Å². The number of fused-ring (bicyclic) bond motifs is 1. The monoisotopic (exact) mass is 304 g/mol. The number of rotatable bonds is 3.